The van der Waals surface area contributed by atoms with E-state index in [1.54, 1.807) is 0 Å². The van der Waals surface area contributed by atoms with E-state index in [0.717, 1.165) is 36.9 Å². The van der Waals surface area contributed by atoms with E-state index in [1.165, 1.54) is 0 Å². The van der Waals surface area contributed by atoms with Gasteiger partial charge in [-0.25, -0.2) is 4.98 Å². The fourth-order valence-electron chi connectivity index (χ4n) is 2.61. The summed E-state index contributed by atoms with van der Waals surface area (Å²) in [5.74, 6) is 0.870. The van der Waals surface area contributed by atoms with Gasteiger partial charge in [0.15, 0.2) is 0 Å². The minimum absolute atomic E-state index is 0.114. The van der Waals surface area contributed by atoms with Gasteiger partial charge in [0.2, 0.25) is 5.88 Å². The van der Waals surface area contributed by atoms with Crippen LogP contribution in [0.25, 0.3) is 0 Å². The van der Waals surface area contributed by atoms with Crippen molar-refractivity contribution in [3.63, 3.8) is 0 Å². The lowest BCUT2D eigenvalue weighted by atomic mass is 9.88. The molecule has 1 N–H and O–H groups in total. The fourth-order valence-corrected chi connectivity index (χ4v) is 2.61. The first kappa shape index (κ1) is 13.8. The Morgan fingerprint density at radius 1 is 1.37 bits per heavy atom. The predicted octanol–water partition coefficient (Wildman–Crippen LogP) is 2.50. The van der Waals surface area contributed by atoms with Gasteiger partial charge in [0.1, 0.15) is 17.7 Å². The summed E-state index contributed by atoms with van der Waals surface area (Å²) in [7, 11) is 0. The highest BCUT2D eigenvalue weighted by Gasteiger charge is 2.23. The molecule has 1 fully saturated rings. The molecule has 0 unspecified atom stereocenters. The SMILES string of the molecule is Cc1cc(C)c(C#N)c(OC2CCC(CO)CC2)n1. The van der Waals surface area contributed by atoms with E-state index in [2.05, 4.69) is 11.1 Å². The first-order valence-electron chi connectivity index (χ1n) is 6.80. The van der Waals surface area contributed by atoms with Gasteiger partial charge in [0, 0.05) is 12.3 Å². The minimum Gasteiger partial charge on any atom is -0.473 e. The summed E-state index contributed by atoms with van der Waals surface area (Å²) in [6, 6.07) is 4.07. The third-order valence-corrected chi connectivity index (χ3v) is 3.75. The molecule has 1 heterocycles. The smallest absolute Gasteiger partial charge is 0.232 e. The molecule has 0 spiro atoms. The van der Waals surface area contributed by atoms with Crippen molar-refractivity contribution in [2.24, 2.45) is 5.92 Å². The molecule has 4 nitrogen and oxygen atoms in total. The maximum atomic E-state index is 9.20. The molecule has 0 aromatic carbocycles. The molecule has 1 aliphatic rings. The van der Waals surface area contributed by atoms with E-state index >= 15 is 0 Å². The van der Waals surface area contributed by atoms with Crippen molar-refractivity contribution in [1.82, 2.24) is 4.98 Å². The Labute approximate surface area is 114 Å². The van der Waals surface area contributed by atoms with Gasteiger partial charge in [0.25, 0.3) is 0 Å². The van der Waals surface area contributed by atoms with Crippen molar-refractivity contribution in [1.29, 1.82) is 5.26 Å². The summed E-state index contributed by atoms with van der Waals surface area (Å²) < 4.78 is 5.92. The van der Waals surface area contributed by atoms with Crippen LogP contribution >= 0.6 is 0 Å². The third kappa shape index (κ3) is 3.24. The van der Waals surface area contributed by atoms with Gasteiger partial charge in [-0.05, 0) is 57.1 Å². The fraction of sp³-hybridized carbons (Fsp3) is 0.600. The molecule has 102 valence electrons. The molecular formula is C15H20N2O2. The lowest BCUT2D eigenvalue weighted by Gasteiger charge is -2.27. The summed E-state index contributed by atoms with van der Waals surface area (Å²) in [6.45, 7) is 4.07. The summed E-state index contributed by atoms with van der Waals surface area (Å²) in [6.07, 6.45) is 3.92. The van der Waals surface area contributed by atoms with Crippen LogP contribution in [0, 0.1) is 31.1 Å². The van der Waals surface area contributed by atoms with Crippen molar-refractivity contribution in [2.45, 2.75) is 45.6 Å². The Morgan fingerprint density at radius 2 is 2.05 bits per heavy atom. The normalized spacial score (nSPS) is 22.8. The van der Waals surface area contributed by atoms with E-state index in [1.807, 2.05) is 19.9 Å². The Bertz CT molecular complexity index is 486. The highest BCUT2D eigenvalue weighted by Crippen LogP contribution is 2.28. The standard InChI is InChI=1S/C15H20N2O2/c1-10-7-11(2)17-15(14(10)8-16)19-13-5-3-12(9-18)4-6-13/h7,12-13,18H,3-6,9H2,1-2H3. The largest absolute Gasteiger partial charge is 0.473 e. The molecule has 1 aromatic rings. The van der Waals surface area contributed by atoms with E-state index in [-0.39, 0.29) is 12.7 Å². The topological polar surface area (TPSA) is 66.1 Å². The maximum absolute atomic E-state index is 9.20. The number of ether oxygens (including phenoxy) is 1. The second-order valence-corrected chi connectivity index (χ2v) is 5.32. The Kier molecular flexibility index (Phi) is 4.39. The zero-order valence-electron chi connectivity index (χ0n) is 11.5. The van der Waals surface area contributed by atoms with Gasteiger partial charge in [-0.3, -0.25) is 0 Å². The third-order valence-electron chi connectivity index (χ3n) is 3.75. The van der Waals surface area contributed by atoms with E-state index in [4.69, 9.17) is 9.84 Å². The van der Waals surface area contributed by atoms with Gasteiger partial charge >= 0.3 is 0 Å². The van der Waals surface area contributed by atoms with Crippen molar-refractivity contribution in [3.8, 4) is 11.9 Å². The molecular weight excluding hydrogens is 240 g/mol. The molecule has 1 saturated carbocycles. The van der Waals surface area contributed by atoms with Crippen LogP contribution in [-0.4, -0.2) is 22.8 Å². The van der Waals surface area contributed by atoms with Crippen LogP contribution in [0.2, 0.25) is 0 Å². The Hall–Kier alpha value is -1.60. The molecule has 0 atom stereocenters. The highest BCUT2D eigenvalue weighted by atomic mass is 16.5. The van der Waals surface area contributed by atoms with Gasteiger partial charge in [-0.15, -0.1) is 0 Å². The summed E-state index contributed by atoms with van der Waals surface area (Å²) in [4.78, 5) is 4.34. The molecule has 0 amide bonds. The van der Waals surface area contributed by atoms with Gasteiger partial charge in [0.05, 0.1) is 0 Å². The maximum Gasteiger partial charge on any atom is 0.232 e. The van der Waals surface area contributed by atoms with E-state index < -0.39 is 0 Å². The summed E-state index contributed by atoms with van der Waals surface area (Å²) >= 11 is 0. The van der Waals surface area contributed by atoms with Crippen molar-refractivity contribution in [2.75, 3.05) is 6.61 Å². The van der Waals surface area contributed by atoms with Crippen LogP contribution in [-0.2, 0) is 0 Å². The van der Waals surface area contributed by atoms with Crippen LogP contribution in [0.1, 0.15) is 42.5 Å². The molecule has 2 rings (SSSR count). The first-order valence-corrected chi connectivity index (χ1v) is 6.80. The van der Waals surface area contributed by atoms with Gasteiger partial charge in [-0.2, -0.15) is 5.26 Å². The monoisotopic (exact) mass is 260 g/mol. The van der Waals surface area contributed by atoms with Crippen LogP contribution in [0.5, 0.6) is 5.88 Å². The number of aryl methyl sites for hydroxylation is 2. The van der Waals surface area contributed by atoms with Crippen LogP contribution in [0.3, 0.4) is 0 Å². The quantitative estimate of drug-likeness (QED) is 0.906. The van der Waals surface area contributed by atoms with Crippen LogP contribution < -0.4 is 4.74 Å². The number of aliphatic hydroxyl groups excluding tert-OH is 1. The number of nitrogens with zero attached hydrogens (tertiary/aromatic N) is 2. The number of rotatable bonds is 3. The number of hydrogen-bond donors (Lipinski definition) is 1. The Morgan fingerprint density at radius 3 is 2.63 bits per heavy atom. The number of pyridine rings is 1. The molecule has 0 saturated heterocycles. The Balaban J connectivity index is 2.10. The molecule has 0 aliphatic heterocycles. The molecule has 0 bridgehead atoms. The average molecular weight is 260 g/mol. The molecule has 0 radical (unpaired) electrons. The highest BCUT2D eigenvalue weighted by molar-refractivity contribution is 5.45. The van der Waals surface area contributed by atoms with Crippen molar-refractivity contribution < 1.29 is 9.84 Å². The van der Waals surface area contributed by atoms with Gasteiger partial charge in [-0.1, -0.05) is 0 Å². The first-order chi connectivity index (χ1) is 9.13. The lowest BCUT2D eigenvalue weighted by molar-refractivity contribution is 0.100. The zero-order chi connectivity index (χ0) is 13.8. The van der Waals surface area contributed by atoms with E-state index in [0.29, 0.717) is 17.4 Å². The number of hydrogen-bond acceptors (Lipinski definition) is 4. The average Bonchev–Trinajstić information content (AvgIpc) is 2.39. The van der Waals surface area contributed by atoms with E-state index in [9.17, 15) is 5.26 Å². The molecule has 1 aromatic heterocycles. The second kappa shape index (κ2) is 6.03. The lowest BCUT2D eigenvalue weighted by Crippen LogP contribution is -2.26. The number of nitriles is 1. The van der Waals surface area contributed by atoms with Crippen LogP contribution in [0.15, 0.2) is 6.07 Å². The number of aromatic nitrogens is 1. The molecule has 1 aliphatic carbocycles. The predicted molar refractivity (Wildman–Crippen MR) is 71.9 cm³/mol. The van der Waals surface area contributed by atoms with Gasteiger partial charge < -0.3 is 9.84 Å². The minimum atomic E-state index is 0.114. The zero-order valence-corrected chi connectivity index (χ0v) is 11.5. The second-order valence-electron chi connectivity index (χ2n) is 5.32. The summed E-state index contributed by atoms with van der Waals surface area (Å²) in [5, 5.41) is 18.3. The van der Waals surface area contributed by atoms with Crippen molar-refractivity contribution in [3.05, 3.63) is 22.9 Å². The molecule has 4 heteroatoms. The summed E-state index contributed by atoms with van der Waals surface area (Å²) in [5.41, 5.74) is 2.32. The molecule has 19 heavy (non-hydrogen) atoms. The van der Waals surface area contributed by atoms with Crippen molar-refractivity contribution >= 4 is 0 Å². The number of aliphatic hydroxyl groups is 1. The van der Waals surface area contributed by atoms with Crippen LogP contribution in [0.4, 0.5) is 0 Å².